The minimum absolute atomic E-state index is 0.211. The monoisotopic (exact) mass is 433 g/mol. The molecule has 0 unspecified atom stereocenters. The third kappa shape index (κ3) is 1.92. The Balaban J connectivity index is 1.62. The number of ketones is 1. The molecule has 4 aliphatic heterocycles. The third-order valence-corrected chi connectivity index (χ3v) is 6.84. The SMILES string of the molecule is CC12CN3CC(C)(CN(C1)C3c1cc3ccccc3nc1I)C2=O. The molecule has 5 heterocycles. The average molecular weight is 433 g/mol. The van der Waals surface area contributed by atoms with E-state index in [4.69, 9.17) is 4.98 Å². The van der Waals surface area contributed by atoms with E-state index in [1.165, 1.54) is 10.9 Å². The topological polar surface area (TPSA) is 36.4 Å². The Labute approximate surface area is 155 Å². The van der Waals surface area contributed by atoms with Crippen molar-refractivity contribution in [3.8, 4) is 0 Å². The van der Waals surface area contributed by atoms with Crippen molar-refractivity contribution in [1.29, 1.82) is 0 Å². The summed E-state index contributed by atoms with van der Waals surface area (Å²) in [6.07, 6.45) is 0.253. The number of halogens is 1. The van der Waals surface area contributed by atoms with Crippen molar-refractivity contribution < 1.29 is 4.79 Å². The molecule has 4 nitrogen and oxygen atoms in total. The molecule has 4 aliphatic rings. The number of piperidine rings is 2. The Hall–Kier alpha value is -1.05. The van der Waals surface area contributed by atoms with E-state index in [1.54, 1.807) is 0 Å². The molecule has 0 aliphatic carbocycles. The zero-order chi connectivity index (χ0) is 16.7. The first-order chi connectivity index (χ1) is 11.4. The van der Waals surface area contributed by atoms with E-state index in [0.717, 1.165) is 35.4 Å². The molecule has 24 heavy (non-hydrogen) atoms. The lowest BCUT2D eigenvalue weighted by molar-refractivity contribution is -0.197. The molecule has 0 spiro atoms. The van der Waals surface area contributed by atoms with Gasteiger partial charge in [0.1, 0.15) is 9.48 Å². The summed E-state index contributed by atoms with van der Waals surface area (Å²) in [6, 6.07) is 10.6. The second-order valence-corrected chi connectivity index (χ2v) is 9.22. The molecule has 4 saturated heterocycles. The summed E-state index contributed by atoms with van der Waals surface area (Å²) >= 11 is 2.37. The maximum absolute atomic E-state index is 12.8. The lowest BCUT2D eigenvalue weighted by atomic mass is 9.62. The number of hydrogen-bond acceptors (Lipinski definition) is 4. The van der Waals surface area contributed by atoms with Gasteiger partial charge in [0.2, 0.25) is 0 Å². The van der Waals surface area contributed by atoms with Crippen LogP contribution >= 0.6 is 22.6 Å². The van der Waals surface area contributed by atoms with Crippen LogP contribution in [0.5, 0.6) is 0 Å². The number of para-hydroxylation sites is 1. The molecule has 1 aromatic heterocycles. The smallest absolute Gasteiger partial charge is 0.149 e. The zero-order valence-corrected chi connectivity index (χ0v) is 16.1. The number of pyridine rings is 1. The van der Waals surface area contributed by atoms with Gasteiger partial charge in [-0.15, -0.1) is 0 Å². The molecular weight excluding hydrogens is 413 g/mol. The van der Waals surface area contributed by atoms with Gasteiger partial charge in [-0.25, -0.2) is 4.98 Å². The van der Waals surface area contributed by atoms with E-state index in [2.05, 4.69) is 70.5 Å². The van der Waals surface area contributed by atoms with Crippen LogP contribution in [0.25, 0.3) is 10.9 Å². The average Bonchev–Trinajstić information content (AvgIpc) is 2.51. The number of Topliss-reactive ketones (excluding diaryl/α,β-unsaturated/α-hetero) is 1. The Morgan fingerprint density at radius 2 is 1.67 bits per heavy atom. The van der Waals surface area contributed by atoms with Gasteiger partial charge in [-0.3, -0.25) is 14.6 Å². The quantitative estimate of drug-likeness (QED) is 0.512. The predicted octanol–water partition coefficient (Wildman–Crippen LogP) is 3.06. The van der Waals surface area contributed by atoms with Crippen LogP contribution in [0.15, 0.2) is 30.3 Å². The molecular formula is C19H20IN3O. The van der Waals surface area contributed by atoms with E-state index in [0.29, 0.717) is 5.78 Å². The van der Waals surface area contributed by atoms with Crippen LogP contribution in [0, 0.1) is 14.5 Å². The molecule has 0 saturated carbocycles. The third-order valence-electron chi connectivity index (χ3n) is 5.98. The molecule has 0 amide bonds. The Bertz CT molecular complexity index is 840. The lowest BCUT2D eigenvalue weighted by Gasteiger charge is -2.64. The standard InChI is InChI=1S/C19H20IN3O/c1-18-8-22-10-19(2,17(18)24)11-23(9-18)16(22)13-7-12-5-3-4-6-14(12)21-15(13)20/h3-7,16H,8-11H2,1-2H3. The molecule has 1 aromatic carbocycles. The van der Waals surface area contributed by atoms with Crippen molar-refractivity contribution in [3.05, 3.63) is 39.6 Å². The number of carbonyl (C=O) groups excluding carboxylic acids is 1. The van der Waals surface area contributed by atoms with Crippen LogP contribution in [0.2, 0.25) is 0 Å². The van der Waals surface area contributed by atoms with Gasteiger partial charge in [0, 0.05) is 37.1 Å². The van der Waals surface area contributed by atoms with Crippen LogP contribution in [-0.4, -0.2) is 46.7 Å². The molecule has 5 heteroatoms. The normalized spacial score (nSPS) is 40.5. The van der Waals surface area contributed by atoms with Crippen molar-refractivity contribution >= 4 is 39.3 Å². The van der Waals surface area contributed by atoms with Gasteiger partial charge < -0.3 is 0 Å². The predicted molar refractivity (Wildman–Crippen MR) is 102 cm³/mol. The second kappa shape index (κ2) is 4.77. The summed E-state index contributed by atoms with van der Waals surface area (Å²) in [5.74, 6) is 0.465. The Kier molecular flexibility index (Phi) is 3.02. The van der Waals surface area contributed by atoms with Gasteiger partial charge in [0.15, 0.2) is 0 Å². The number of aromatic nitrogens is 1. The summed E-state index contributed by atoms with van der Waals surface area (Å²) in [6.45, 7) is 7.76. The van der Waals surface area contributed by atoms with Crippen LogP contribution in [-0.2, 0) is 4.79 Å². The minimum atomic E-state index is -0.211. The number of rotatable bonds is 1. The van der Waals surface area contributed by atoms with Crippen molar-refractivity contribution in [3.63, 3.8) is 0 Å². The van der Waals surface area contributed by atoms with Crippen molar-refractivity contribution in [2.24, 2.45) is 10.8 Å². The molecule has 0 atom stereocenters. The molecule has 2 aromatic rings. The second-order valence-electron chi connectivity index (χ2n) is 8.20. The fourth-order valence-electron chi connectivity index (χ4n) is 5.28. The largest absolute Gasteiger partial charge is 0.298 e. The van der Waals surface area contributed by atoms with Crippen molar-refractivity contribution in [2.75, 3.05) is 26.2 Å². The summed E-state index contributed by atoms with van der Waals surface area (Å²) in [5.41, 5.74) is 1.91. The van der Waals surface area contributed by atoms with Crippen LogP contribution in [0.4, 0.5) is 0 Å². The van der Waals surface area contributed by atoms with Crippen LogP contribution in [0.1, 0.15) is 25.6 Å². The van der Waals surface area contributed by atoms with Gasteiger partial charge >= 0.3 is 0 Å². The number of carbonyl (C=O) groups is 1. The highest BCUT2D eigenvalue weighted by molar-refractivity contribution is 14.1. The zero-order valence-electron chi connectivity index (χ0n) is 13.9. The number of fused-ring (bicyclic) bond motifs is 1. The van der Waals surface area contributed by atoms with Gasteiger partial charge in [-0.2, -0.15) is 0 Å². The number of benzene rings is 1. The first kappa shape index (κ1) is 15.2. The maximum Gasteiger partial charge on any atom is 0.149 e. The van der Waals surface area contributed by atoms with Gasteiger partial charge in [-0.1, -0.05) is 32.0 Å². The fourth-order valence-corrected chi connectivity index (χ4v) is 5.97. The van der Waals surface area contributed by atoms with Crippen LogP contribution in [0.3, 0.4) is 0 Å². The van der Waals surface area contributed by atoms with E-state index < -0.39 is 0 Å². The Morgan fingerprint density at radius 3 is 2.29 bits per heavy atom. The summed E-state index contributed by atoms with van der Waals surface area (Å²) in [4.78, 5) is 22.7. The summed E-state index contributed by atoms with van der Waals surface area (Å²) < 4.78 is 1.07. The fraction of sp³-hybridized carbons (Fsp3) is 0.474. The van der Waals surface area contributed by atoms with Gasteiger partial charge in [0.05, 0.1) is 22.5 Å². The van der Waals surface area contributed by atoms with E-state index >= 15 is 0 Å². The summed E-state index contributed by atoms with van der Waals surface area (Å²) in [7, 11) is 0. The number of nitrogens with zero attached hydrogens (tertiary/aromatic N) is 3. The molecule has 6 rings (SSSR count). The van der Waals surface area contributed by atoms with Gasteiger partial charge in [0.25, 0.3) is 0 Å². The van der Waals surface area contributed by atoms with Crippen molar-refractivity contribution in [2.45, 2.75) is 20.0 Å². The highest BCUT2D eigenvalue weighted by Gasteiger charge is 2.62. The lowest BCUT2D eigenvalue weighted by Crippen LogP contribution is -2.75. The highest BCUT2D eigenvalue weighted by atomic mass is 127. The molecule has 4 fully saturated rings. The van der Waals surface area contributed by atoms with Gasteiger partial charge in [-0.05, 0) is 34.7 Å². The summed E-state index contributed by atoms with van der Waals surface area (Å²) in [5, 5.41) is 1.19. The first-order valence-corrected chi connectivity index (χ1v) is 9.56. The van der Waals surface area contributed by atoms with E-state index in [1.807, 2.05) is 6.07 Å². The molecule has 0 radical (unpaired) electrons. The molecule has 124 valence electrons. The first-order valence-electron chi connectivity index (χ1n) is 8.48. The van der Waals surface area contributed by atoms with Crippen LogP contribution < -0.4 is 0 Å². The van der Waals surface area contributed by atoms with E-state index in [-0.39, 0.29) is 17.0 Å². The van der Waals surface area contributed by atoms with Crippen molar-refractivity contribution in [1.82, 2.24) is 14.8 Å². The Morgan fingerprint density at radius 1 is 1.08 bits per heavy atom. The molecule has 0 N–H and O–H groups in total. The minimum Gasteiger partial charge on any atom is -0.298 e. The van der Waals surface area contributed by atoms with E-state index in [9.17, 15) is 4.79 Å². The molecule has 4 bridgehead atoms. The maximum atomic E-state index is 12.8. The highest BCUT2D eigenvalue weighted by Crippen LogP contribution is 2.52. The number of hydrogen-bond donors (Lipinski definition) is 0.